The van der Waals surface area contributed by atoms with E-state index in [1.165, 1.54) is 4.90 Å². The molecular formula is C19H28N2O4. The van der Waals surface area contributed by atoms with Crippen LogP contribution in [0, 0.1) is 11.3 Å². The van der Waals surface area contributed by atoms with Crippen LogP contribution < -0.4 is 5.32 Å². The molecule has 0 heterocycles. The van der Waals surface area contributed by atoms with Gasteiger partial charge in [0.05, 0.1) is 18.6 Å². The second-order valence-corrected chi connectivity index (χ2v) is 7.46. The van der Waals surface area contributed by atoms with Gasteiger partial charge >= 0.3 is 12.0 Å². The van der Waals surface area contributed by atoms with Crippen molar-refractivity contribution in [3.8, 4) is 0 Å². The van der Waals surface area contributed by atoms with Crippen LogP contribution in [0.3, 0.4) is 0 Å². The number of urea groups is 1. The SMILES string of the molecule is CC(CN(C)C(=O)NC1CC(OCc2ccccc2)C1(C)C)C(=O)O. The number of carboxylic acids is 1. The Morgan fingerprint density at radius 1 is 1.36 bits per heavy atom. The smallest absolute Gasteiger partial charge is 0.317 e. The van der Waals surface area contributed by atoms with Crippen LogP contribution in [0.2, 0.25) is 0 Å². The van der Waals surface area contributed by atoms with E-state index >= 15 is 0 Å². The van der Waals surface area contributed by atoms with Gasteiger partial charge in [0, 0.05) is 25.0 Å². The number of benzene rings is 1. The van der Waals surface area contributed by atoms with Crippen LogP contribution in [0.1, 0.15) is 32.8 Å². The minimum atomic E-state index is -0.905. The molecule has 1 aromatic carbocycles. The summed E-state index contributed by atoms with van der Waals surface area (Å²) in [6, 6.07) is 9.79. The number of aliphatic carboxylic acids is 1. The van der Waals surface area contributed by atoms with E-state index < -0.39 is 11.9 Å². The fourth-order valence-corrected chi connectivity index (χ4v) is 3.02. The van der Waals surface area contributed by atoms with Gasteiger partial charge in [-0.1, -0.05) is 51.1 Å². The molecule has 0 aromatic heterocycles. The van der Waals surface area contributed by atoms with Crippen LogP contribution >= 0.6 is 0 Å². The zero-order valence-electron chi connectivity index (χ0n) is 15.4. The molecule has 0 aliphatic heterocycles. The highest BCUT2D eigenvalue weighted by Crippen LogP contribution is 2.43. The Morgan fingerprint density at radius 2 is 2.00 bits per heavy atom. The number of hydrogen-bond donors (Lipinski definition) is 2. The van der Waals surface area contributed by atoms with E-state index in [4.69, 9.17) is 9.84 Å². The first-order chi connectivity index (χ1) is 11.7. The first kappa shape index (κ1) is 19.2. The Bertz CT molecular complexity index is 603. The van der Waals surface area contributed by atoms with Crippen LogP contribution in [0.5, 0.6) is 0 Å². The molecule has 2 amide bonds. The van der Waals surface area contributed by atoms with E-state index in [0.717, 1.165) is 12.0 Å². The quantitative estimate of drug-likeness (QED) is 0.794. The minimum absolute atomic E-state index is 0.0170. The number of rotatable bonds is 7. The van der Waals surface area contributed by atoms with Crippen molar-refractivity contribution in [1.29, 1.82) is 0 Å². The largest absolute Gasteiger partial charge is 0.481 e. The standard InChI is InChI=1S/C19H28N2O4/c1-13(17(22)23)11-21(4)18(24)20-15-10-16(19(15,2)3)25-12-14-8-6-5-7-9-14/h5-9,13,15-16H,10-12H2,1-4H3,(H,20,24)(H,22,23). The fraction of sp³-hybridized carbons (Fsp3) is 0.579. The Kier molecular flexibility index (Phi) is 6.06. The summed E-state index contributed by atoms with van der Waals surface area (Å²) >= 11 is 0. The highest BCUT2D eigenvalue weighted by molar-refractivity contribution is 5.76. The summed E-state index contributed by atoms with van der Waals surface area (Å²) in [5.74, 6) is -1.50. The number of ether oxygens (including phenoxy) is 1. The van der Waals surface area contributed by atoms with Gasteiger partial charge in [-0.2, -0.15) is 0 Å². The van der Waals surface area contributed by atoms with Crippen molar-refractivity contribution >= 4 is 12.0 Å². The highest BCUT2D eigenvalue weighted by atomic mass is 16.5. The lowest BCUT2D eigenvalue weighted by atomic mass is 9.64. The third kappa shape index (κ3) is 4.72. The minimum Gasteiger partial charge on any atom is -0.481 e. The molecule has 0 spiro atoms. The van der Waals surface area contributed by atoms with Gasteiger partial charge < -0.3 is 20.1 Å². The van der Waals surface area contributed by atoms with Crippen molar-refractivity contribution in [2.24, 2.45) is 11.3 Å². The van der Waals surface area contributed by atoms with Crippen LogP contribution in [0.4, 0.5) is 4.79 Å². The summed E-state index contributed by atoms with van der Waals surface area (Å²) in [5, 5.41) is 11.9. The summed E-state index contributed by atoms with van der Waals surface area (Å²) < 4.78 is 6.00. The number of nitrogens with zero attached hydrogens (tertiary/aromatic N) is 1. The number of carbonyl (C=O) groups is 2. The van der Waals surface area contributed by atoms with Crippen LogP contribution in [0.15, 0.2) is 30.3 Å². The van der Waals surface area contributed by atoms with Crippen LogP contribution in [-0.4, -0.2) is 47.7 Å². The lowest BCUT2D eigenvalue weighted by Gasteiger charge is -2.51. The second kappa shape index (κ2) is 7.87. The zero-order valence-corrected chi connectivity index (χ0v) is 15.4. The monoisotopic (exact) mass is 348 g/mol. The molecule has 0 saturated heterocycles. The normalized spacial score (nSPS) is 22.6. The molecule has 3 atom stereocenters. The zero-order chi connectivity index (χ0) is 18.6. The maximum Gasteiger partial charge on any atom is 0.317 e. The molecule has 1 aliphatic rings. The molecule has 3 unspecified atom stereocenters. The molecule has 2 rings (SSSR count). The van der Waals surface area contributed by atoms with Gasteiger partial charge in [0.25, 0.3) is 0 Å². The van der Waals surface area contributed by atoms with Gasteiger partial charge in [0.15, 0.2) is 0 Å². The maximum absolute atomic E-state index is 12.3. The molecule has 1 fully saturated rings. The second-order valence-electron chi connectivity index (χ2n) is 7.46. The summed E-state index contributed by atoms with van der Waals surface area (Å²) in [6.07, 6.45) is 0.842. The van der Waals surface area contributed by atoms with Crippen molar-refractivity contribution in [2.75, 3.05) is 13.6 Å². The summed E-state index contributed by atoms with van der Waals surface area (Å²) in [5.41, 5.74) is 0.970. The van der Waals surface area contributed by atoms with Gasteiger partial charge in [-0.3, -0.25) is 4.79 Å². The fourth-order valence-electron chi connectivity index (χ4n) is 3.02. The molecular weight excluding hydrogens is 320 g/mol. The van der Waals surface area contributed by atoms with Gasteiger partial charge in [0.1, 0.15) is 0 Å². The van der Waals surface area contributed by atoms with Gasteiger partial charge in [0.2, 0.25) is 0 Å². The number of amides is 2. The molecule has 25 heavy (non-hydrogen) atoms. The molecule has 2 N–H and O–H groups in total. The number of hydrogen-bond acceptors (Lipinski definition) is 3. The predicted molar refractivity (Wildman–Crippen MR) is 95.2 cm³/mol. The van der Waals surface area contributed by atoms with E-state index in [1.807, 2.05) is 30.3 Å². The van der Waals surface area contributed by atoms with Crippen molar-refractivity contribution < 1.29 is 19.4 Å². The summed E-state index contributed by atoms with van der Waals surface area (Å²) in [4.78, 5) is 24.6. The van der Waals surface area contributed by atoms with E-state index in [-0.39, 0.29) is 30.1 Å². The molecule has 1 aromatic rings. The van der Waals surface area contributed by atoms with Gasteiger partial charge in [-0.15, -0.1) is 0 Å². The maximum atomic E-state index is 12.3. The average molecular weight is 348 g/mol. The molecule has 138 valence electrons. The Balaban J connectivity index is 1.80. The number of nitrogens with one attached hydrogen (secondary N) is 1. The molecule has 1 saturated carbocycles. The van der Waals surface area contributed by atoms with Crippen molar-refractivity contribution in [1.82, 2.24) is 10.2 Å². The molecule has 1 aliphatic carbocycles. The third-order valence-electron chi connectivity index (χ3n) is 5.09. The summed E-state index contributed by atoms with van der Waals surface area (Å²) in [7, 11) is 1.61. The van der Waals surface area contributed by atoms with Crippen molar-refractivity contribution in [3.05, 3.63) is 35.9 Å². The molecule has 6 nitrogen and oxygen atoms in total. The van der Waals surface area contributed by atoms with Gasteiger partial charge in [-0.25, -0.2) is 4.79 Å². The molecule has 6 heteroatoms. The lowest BCUT2D eigenvalue weighted by Crippen LogP contribution is -2.63. The average Bonchev–Trinajstić information content (AvgIpc) is 2.57. The predicted octanol–water partition coefficient (Wildman–Crippen LogP) is 2.73. The van der Waals surface area contributed by atoms with Crippen LogP contribution in [0.25, 0.3) is 0 Å². The molecule has 0 bridgehead atoms. The van der Waals surface area contributed by atoms with Gasteiger partial charge in [-0.05, 0) is 12.0 Å². The lowest BCUT2D eigenvalue weighted by molar-refractivity contribution is -0.141. The van der Waals surface area contributed by atoms with Crippen molar-refractivity contribution in [2.45, 2.75) is 45.9 Å². The Hall–Kier alpha value is -2.08. The Morgan fingerprint density at radius 3 is 2.56 bits per heavy atom. The first-order valence-electron chi connectivity index (χ1n) is 8.61. The Labute approximate surface area is 149 Å². The van der Waals surface area contributed by atoms with E-state index in [1.54, 1.807) is 14.0 Å². The first-order valence-corrected chi connectivity index (χ1v) is 8.61. The topological polar surface area (TPSA) is 78.9 Å². The van der Waals surface area contributed by atoms with Crippen molar-refractivity contribution in [3.63, 3.8) is 0 Å². The highest BCUT2D eigenvalue weighted by Gasteiger charge is 2.50. The number of carboxylic acid groups (broad SMARTS) is 1. The van der Waals surface area contributed by atoms with Crippen LogP contribution in [-0.2, 0) is 16.1 Å². The van der Waals surface area contributed by atoms with E-state index in [2.05, 4.69) is 19.2 Å². The molecule has 0 radical (unpaired) electrons. The third-order valence-corrected chi connectivity index (χ3v) is 5.09. The van der Waals surface area contributed by atoms with E-state index in [9.17, 15) is 9.59 Å². The number of carbonyl (C=O) groups excluding carboxylic acids is 1. The van der Waals surface area contributed by atoms with E-state index in [0.29, 0.717) is 6.61 Å². The summed E-state index contributed by atoms with van der Waals surface area (Å²) in [6.45, 7) is 6.49.